The van der Waals surface area contributed by atoms with Crippen molar-refractivity contribution >= 4 is 71.1 Å². The number of benzene rings is 2. The first-order valence-electron chi connectivity index (χ1n) is 12.4. The lowest BCUT2D eigenvalue weighted by Crippen LogP contribution is -2.46. The molecule has 2 aliphatic heterocycles. The molecule has 0 spiro atoms. The van der Waals surface area contributed by atoms with Gasteiger partial charge in [0.2, 0.25) is 5.91 Å². The number of thioether (sulfide) groups is 1. The second-order valence-corrected chi connectivity index (χ2v) is 10.6. The van der Waals surface area contributed by atoms with E-state index < -0.39 is 53.4 Å². The number of para-hydroxylation sites is 1. The van der Waals surface area contributed by atoms with Gasteiger partial charge < -0.3 is 16.0 Å². The third-order valence-electron chi connectivity index (χ3n) is 6.91. The zero-order valence-corrected chi connectivity index (χ0v) is 23.9. The summed E-state index contributed by atoms with van der Waals surface area (Å²) in [5.74, 6) is -1.82. The van der Waals surface area contributed by atoms with Gasteiger partial charge >= 0.3 is 12.4 Å². The minimum Gasteiger partial charge on any atom is -0.348 e. The lowest BCUT2D eigenvalue weighted by Gasteiger charge is -2.31. The first kappa shape index (κ1) is 33.6. The summed E-state index contributed by atoms with van der Waals surface area (Å²) in [4.78, 5) is 27.4. The van der Waals surface area contributed by atoms with Crippen LogP contribution in [0.1, 0.15) is 36.1 Å². The van der Waals surface area contributed by atoms with Crippen LogP contribution in [0.3, 0.4) is 0 Å². The maximum atomic E-state index is 13.6. The normalized spacial score (nSPS) is 16.1. The molecule has 1 saturated heterocycles. The Balaban J connectivity index is 0.00000242. The number of rotatable bonds is 6. The third-order valence-corrected chi connectivity index (χ3v) is 7.99. The van der Waals surface area contributed by atoms with E-state index in [1.165, 1.54) is 11.8 Å². The second-order valence-electron chi connectivity index (χ2n) is 9.54. The predicted molar refractivity (Wildman–Crippen MR) is 152 cm³/mol. The fourth-order valence-corrected chi connectivity index (χ4v) is 6.03. The molecule has 7 nitrogen and oxygen atoms in total. The number of alkyl halides is 6. The number of hydrogen-bond donors (Lipinski definition) is 4. The van der Waals surface area contributed by atoms with Crippen molar-refractivity contribution < 1.29 is 35.9 Å². The van der Waals surface area contributed by atoms with Gasteiger partial charge in [-0.25, -0.2) is 0 Å². The number of halogens is 8. The lowest BCUT2D eigenvalue weighted by atomic mass is 9.88. The van der Waals surface area contributed by atoms with Crippen LogP contribution < -0.4 is 16.0 Å². The lowest BCUT2D eigenvalue weighted by molar-refractivity contribution is -0.141. The molecule has 3 aromatic rings. The van der Waals surface area contributed by atoms with E-state index >= 15 is 0 Å². The molecule has 2 aliphatic rings. The summed E-state index contributed by atoms with van der Waals surface area (Å²) in [5, 5.41) is 15.8. The van der Waals surface area contributed by atoms with Gasteiger partial charge in [-0.3, -0.25) is 14.7 Å². The molecular weight excluding hydrogens is 631 g/mol. The van der Waals surface area contributed by atoms with Crippen molar-refractivity contribution in [3.05, 3.63) is 58.1 Å². The maximum Gasteiger partial charge on any atom is 0.418 e. The molecule has 0 saturated carbocycles. The Kier molecular flexibility index (Phi) is 10.5. The molecule has 42 heavy (non-hydrogen) atoms. The SMILES string of the molecule is Cl.Cl.O=C(CC(NC(=O)C1=Cc2n[nH]c3cccc(c23)S1)C1CCNCC1)Nc1c(C(F)(F)F)cccc1C(F)(F)F. The fraction of sp³-hybridized carbons (Fsp3) is 0.346. The van der Waals surface area contributed by atoms with Gasteiger partial charge in [0.1, 0.15) is 0 Å². The number of anilines is 1. The summed E-state index contributed by atoms with van der Waals surface area (Å²) in [5.41, 5.74) is -3.20. The Morgan fingerprint density at radius 1 is 0.976 bits per heavy atom. The van der Waals surface area contributed by atoms with Crippen molar-refractivity contribution in [2.24, 2.45) is 5.92 Å². The van der Waals surface area contributed by atoms with Gasteiger partial charge in [0, 0.05) is 22.7 Å². The summed E-state index contributed by atoms with van der Waals surface area (Å²) < 4.78 is 81.4. The number of aromatic nitrogens is 2. The maximum absolute atomic E-state index is 13.6. The first-order valence-corrected chi connectivity index (χ1v) is 13.2. The number of nitrogens with one attached hydrogen (secondary N) is 4. The average molecular weight is 656 g/mol. The minimum atomic E-state index is -5.13. The second kappa shape index (κ2) is 13.1. The molecule has 0 aliphatic carbocycles. The van der Waals surface area contributed by atoms with Crippen molar-refractivity contribution in [1.82, 2.24) is 20.8 Å². The number of piperidine rings is 1. The molecule has 1 atom stereocenters. The van der Waals surface area contributed by atoms with Gasteiger partial charge in [0.05, 0.1) is 32.9 Å². The van der Waals surface area contributed by atoms with Gasteiger partial charge in [-0.05, 0) is 62.2 Å². The number of amides is 2. The molecule has 0 radical (unpaired) electrons. The Bertz CT molecular complexity index is 1460. The van der Waals surface area contributed by atoms with Crippen molar-refractivity contribution in [3.8, 4) is 0 Å². The van der Waals surface area contributed by atoms with Gasteiger partial charge in [0.25, 0.3) is 5.91 Å². The number of carbonyl (C=O) groups is 2. The van der Waals surface area contributed by atoms with Crippen LogP contribution in [-0.2, 0) is 21.9 Å². The van der Waals surface area contributed by atoms with Crippen LogP contribution in [0.5, 0.6) is 0 Å². The van der Waals surface area contributed by atoms with Crippen molar-refractivity contribution in [2.75, 3.05) is 18.4 Å². The number of H-pyrrole nitrogens is 1. The summed E-state index contributed by atoms with van der Waals surface area (Å²) in [7, 11) is 0. The Hall–Kier alpha value is -2.94. The molecule has 3 heterocycles. The molecule has 1 fully saturated rings. The summed E-state index contributed by atoms with van der Waals surface area (Å²) >= 11 is 1.21. The molecule has 16 heteroatoms. The standard InChI is InChI=1S/C26H23F6N5O2S.2ClH/c27-25(28,29)14-3-1-4-15(26(30,31)32)23(14)35-21(38)12-17(13-7-9-33-10-8-13)34-24(39)20-11-18-22-16(36-37-18)5-2-6-19(22)40-20;;/h1-6,11,13,17,33H,7-10,12H2,(H,34,39)(H,35,38)(H,36,37);2*1H. The van der Waals surface area contributed by atoms with Crippen LogP contribution in [0.15, 0.2) is 46.2 Å². The number of hydrogen-bond acceptors (Lipinski definition) is 5. The van der Waals surface area contributed by atoms with Crippen LogP contribution in [0.4, 0.5) is 32.0 Å². The van der Waals surface area contributed by atoms with Crippen molar-refractivity contribution in [3.63, 3.8) is 0 Å². The zero-order chi connectivity index (χ0) is 28.7. The summed E-state index contributed by atoms with van der Waals surface area (Å²) in [6, 6.07) is 6.26. The highest BCUT2D eigenvalue weighted by atomic mass is 35.5. The molecule has 2 amide bonds. The highest BCUT2D eigenvalue weighted by molar-refractivity contribution is 8.04. The summed E-state index contributed by atoms with van der Waals surface area (Å²) in [6.07, 6.45) is -8.07. The molecule has 1 aromatic heterocycles. The number of nitrogens with zero attached hydrogens (tertiary/aromatic N) is 1. The zero-order valence-electron chi connectivity index (χ0n) is 21.5. The van der Waals surface area contributed by atoms with Crippen LogP contribution in [0.25, 0.3) is 17.0 Å². The van der Waals surface area contributed by atoms with Crippen LogP contribution in [0.2, 0.25) is 0 Å². The Morgan fingerprint density at radius 2 is 1.60 bits per heavy atom. The minimum absolute atomic E-state index is 0. The number of carbonyl (C=O) groups excluding carboxylic acids is 2. The number of aromatic amines is 1. The molecule has 2 aromatic carbocycles. The molecule has 5 rings (SSSR count). The van der Waals surface area contributed by atoms with E-state index in [1.54, 1.807) is 6.08 Å². The van der Waals surface area contributed by atoms with Gasteiger partial charge in [-0.15, -0.1) is 24.8 Å². The molecular formula is C26H25Cl2F6N5O2S. The van der Waals surface area contributed by atoms with Crippen LogP contribution in [-0.4, -0.2) is 41.1 Å². The van der Waals surface area contributed by atoms with E-state index in [4.69, 9.17) is 0 Å². The van der Waals surface area contributed by atoms with E-state index in [9.17, 15) is 35.9 Å². The van der Waals surface area contributed by atoms with Crippen LogP contribution in [0, 0.1) is 5.92 Å². The van der Waals surface area contributed by atoms with Crippen molar-refractivity contribution in [2.45, 2.75) is 42.6 Å². The van der Waals surface area contributed by atoms with Gasteiger partial charge in [0.15, 0.2) is 0 Å². The fourth-order valence-electron chi connectivity index (χ4n) is 5.01. The molecule has 228 valence electrons. The van der Waals surface area contributed by atoms with Crippen LogP contribution >= 0.6 is 36.6 Å². The quantitative estimate of drug-likeness (QED) is 0.230. The van der Waals surface area contributed by atoms with E-state index in [0.29, 0.717) is 54.7 Å². The van der Waals surface area contributed by atoms with E-state index in [-0.39, 0.29) is 30.7 Å². The van der Waals surface area contributed by atoms with Gasteiger partial charge in [-0.1, -0.05) is 23.9 Å². The molecule has 4 N–H and O–H groups in total. The highest BCUT2D eigenvalue weighted by Gasteiger charge is 2.41. The third kappa shape index (κ3) is 7.16. The topological polar surface area (TPSA) is 98.9 Å². The largest absolute Gasteiger partial charge is 0.418 e. The average Bonchev–Trinajstić information content (AvgIpc) is 3.32. The smallest absolute Gasteiger partial charge is 0.348 e. The van der Waals surface area contributed by atoms with E-state index in [1.807, 2.05) is 23.5 Å². The summed E-state index contributed by atoms with van der Waals surface area (Å²) in [6.45, 7) is 1.17. The van der Waals surface area contributed by atoms with Gasteiger partial charge in [-0.2, -0.15) is 31.4 Å². The monoisotopic (exact) mass is 655 g/mol. The Labute approximate surface area is 252 Å². The molecule has 0 bridgehead atoms. The Morgan fingerprint density at radius 3 is 2.21 bits per heavy atom. The molecule has 1 unspecified atom stereocenters. The van der Waals surface area contributed by atoms with E-state index in [2.05, 4.69) is 20.8 Å². The first-order chi connectivity index (χ1) is 18.9. The predicted octanol–water partition coefficient (Wildman–Crippen LogP) is 6.40. The van der Waals surface area contributed by atoms with Crippen molar-refractivity contribution in [1.29, 1.82) is 0 Å². The highest BCUT2D eigenvalue weighted by Crippen LogP contribution is 2.43. The van der Waals surface area contributed by atoms with E-state index in [0.717, 1.165) is 15.8 Å².